The van der Waals surface area contributed by atoms with Gasteiger partial charge in [-0.15, -0.1) is 11.3 Å². The molecule has 0 aliphatic rings. The molecule has 0 fully saturated rings. The number of anilines is 1. The van der Waals surface area contributed by atoms with Gasteiger partial charge in [0.05, 0.1) is 23.4 Å². The first-order valence-electron chi connectivity index (χ1n) is 9.25. The molecule has 3 aromatic rings. The molecule has 1 aromatic carbocycles. The molecule has 0 saturated carbocycles. The first-order chi connectivity index (χ1) is 14.1. The van der Waals surface area contributed by atoms with Gasteiger partial charge in [0.25, 0.3) is 0 Å². The highest BCUT2D eigenvalue weighted by Crippen LogP contribution is 2.25. The Labute approximate surface area is 180 Å². The maximum absolute atomic E-state index is 13.0. The molecule has 30 heavy (non-hydrogen) atoms. The summed E-state index contributed by atoms with van der Waals surface area (Å²) < 4.78 is 31.5. The number of amides is 1. The molecular weight excluding hydrogens is 424 g/mol. The number of aromatic nitrogens is 2. The molecule has 0 saturated heterocycles. The number of sulfonamides is 1. The van der Waals surface area contributed by atoms with Gasteiger partial charge in [0.2, 0.25) is 27.6 Å². The Morgan fingerprint density at radius 3 is 2.47 bits per heavy atom. The molecule has 0 N–H and O–H groups in total. The number of carbonyl (C=O) groups excluding carboxylic acids is 1. The van der Waals surface area contributed by atoms with E-state index in [2.05, 4.69) is 10.1 Å². The summed E-state index contributed by atoms with van der Waals surface area (Å²) >= 11 is 1.49. The molecule has 0 aliphatic heterocycles. The van der Waals surface area contributed by atoms with Crippen LogP contribution in [0.3, 0.4) is 0 Å². The van der Waals surface area contributed by atoms with Crippen LogP contribution in [0, 0.1) is 13.8 Å². The van der Waals surface area contributed by atoms with Crippen molar-refractivity contribution in [2.24, 2.45) is 0 Å². The quantitative estimate of drug-likeness (QED) is 0.551. The van der Waals surface area contributed by atoms with Crippen LogP contribution in [-0.2, 0) is 21.4 Å². The average molecular weight is 449 g/mol. The fourth-order valence-corrected chi connectivity index (χ4v) is 5.11. The Morgan fingerprint density at radius 1 is 1.23 bits per heavy atom. The summed E-state index contributed by atoms with van der Waals surface area (Å²) in [5.74, 6) is 0.358. The van der Waals surface area contributed by atoms with Gasteiger partial charge in [-0.05, 0) is 55.5 Å². The standard InChI is InChI=1S/C20H24N4O4S2/c1-13-9-14(2)11-16(10-13)24(30(5,26)27)15(3)20(25)23(4)12-18-21-19(22-28-18)17-7-6-8-29-17/h6-11,15H,12H2,1-5H3/t15-/m1/s1. The molecule has 2 aromatic heterocycles. The molecule has 2 heterocycles. The zero-order chi connectivity index (χ0) is 22.1. The van der Waals surface area contributed by atoms with E-state index in [9.17, 15) is 13.2 Å². The summed E-state index contributed by atoms with van der Waals surface area (Å²) in [5, 5.41) is 5.85. The van der Waals surface area contributed by atoms with Crippen molar-refractivity contribution >= 4 is 33.0 Å². The minimum atomic E-state index is -3.69. The van der Waals surface area contributed by atoms with Gasteiger partial charge in [-0.2, -0.15) is 4.98 Å². The molecule has 0 unspecified atom stereocenters. The van der Waals surface area contributed by atoms with Gasteiger partial charge in [-0.25, -0.2) is 8.42 Å². The zero-order valence-electron chi connectivity index (χ0n) is 17.5. The molecule has 8 nitrogen and oxygen atoms in total. The van der Waals surface area contributed by atoms with E-state index in [1.54, 1.807) is 26.1 Å². The topological polar surface area (TPSA) is 96.6 Å². The lowest BCUT2D eigenvalue weighted by atomic mass is 10.1. The predicted molar refractivity (Wildman–Crippen MR) is 117 cm³/mol. The Hall–Kier alpha value is -2.72. The van der Waals surface area contributed by atoms with Crippen LogP contribution in [0.15, 0.2) is 40.2 Å². The predicted octanol–water partition coefficient (Wildman–Crippen LogP) is 3.23. The van der Waals surface area contributed by atoms with Crippen molar-refractivity contribution in [3.05, 3.63) is 52.7 Å². The number of hydrogen-bond acceptors (Lipinski definition) is 7. The molecule has 0 bridgehead atoms. The summed E-state index contributed by atoms with van der Waals surface area (Å²) in [4.78, 5) is 19.6. The smallest absolute Gasteiger partial charge is 0.246 e. The van der Waals surface area contributed by atoms with Crippen molar-refractivity contribution in [1.82, 2.24) is 15.0 Å². The first-order valence-corrected chi connectivity index (χ1v) is 12.0. The van der Waals surface area contributed by atoms with Gasteiger partial charge in [0.15, 0.2) is 0 Å². The van der Waals surface area contributed by atoms with E-state index in [-0.39, 0.29) is 18.3 Å². The summed E-state index contributed by atoms with van der Waals surface area (Å²) in [6.45, 7) is 5.42. The monoisotopic (exact) mass is 448 g/mol. The number of aryl methyl sites for hydroxylation is 2. The zero-order valence-corrected chi connectivity index (χ0v) is 19.1. The van der Waals surface area contributed by atoms with Crippen molar-refractivity contribution in [2.45, 2.75) is 33.4 Å². The fourth-order valence-electron chi connectivity index (χ4n) is 3.31. The van der Waals surface area contributed by atoms with Gasteiger partial charge in [0.1, 0.15) is 6.04 Å². The fraction of sp³-hybridized carbons (Fsp3) is 0.350. The Morgan fingerprint density at radius 2 is 1.90 bits per heavy atom. The molecule has 0 aliphatic carbocycles. The number of nitrogens with zero attached hydrogens (tertiary/aromatic N) is 4. The number of likely N-dealkylation sites (N-methyl/N-ethyl adjacent to an activating group) is 1. The Balaban J connectivity index is 1.81. The van der Waals surface area contributed by atoms with Crippen molar-refractivity contribution in [1.29, 1.82) is 0 Å². The van der Waals surface area contributed by atoms with Crippen molar-refractivity contribution in [3.63, 3.8) is 0 Å². The van der Waals surface area contributed by atoms with E-state index >= 15 is 0 Å². The normalized spacial score (nSPS) is 12.6. The summed E-state index contributed by atoms with van der Waals surface area (Å²) in [5.41, 5.74) is 2.29. The minimum absolute atomic E-state index is 0.0754. The minimum Gasteiger partial charge on any atom is -0.337 e. The highest BCUT2D eigenvalue weighted by atomic mass is 32.2. The second-order valence-corrected chi connectivity index (χ2v) is 10.1. The first kappa shape index (κ1) is 22.0. The summed E-state index contributed by atoms with van der Waals surface area (Å²) in [6.07, 6.45) is 1.10. The van der Waals surface area contributed by atoms with Gasteiger partial charge in [-0.1, -0.05) is 17.3 Å². The third kappa shape index (κ3) is 4.88. The third-order valence-corrected chi connectivity index (χ3v) is 6.59. The lowest BCUT2D eigenvalue weighted by Gasteiger charge is -2.31. The van der Waals surface area contributed by atoms with Gasteiger partial charge in [0, 0.05) is 7.05 Å². The number of benzene rings is 1. The van der Waals surface area contributed by atoms with E-state index < -0.39 is 16.1 Å². The lowest BCUT2D eigenvalue weighted by Crippen LogP contribution is -2.48. The molecule has 160 valence electrons. The van der Waals surface area contributed by atoms with Crippen molar-refractivity contribution in [2.75, 3.05) is 17.6 Å². The Kier molecular flexibility index (Phi) is 6.27. The third-order valence-electron chi connectivity index (χ3n) is 4.49. The largest absolute Gasteiger partial charge is 0.337 e. The highest BCUT2D eigenvalue weighted by molar-refractivity contribution is 7.92. The van der Waals surface area contributed by atoms with Crippen LogP contribution in [0.4, 0.5) is 5.69 Å². The van der Waals surface area contributed by atoms with Crippen LogP contribution >= 0.6 is 11.3 Å². The lowest BCUT2D eigenvalue weighted by molar-refractivity contribution is -0.131. The Bertz CT molecular complexity index is 1120. The molecule has 10 heteroatoms. The van der Waals surface area contributed by atoms with Crippen molar-refractivity contribution < 1.29 is 17.7 Å². The van der Waals surface area contributed by atoms with Crippen LogP contribution in [0.2, 0.25) is 0 Å². The number of rotatable bonds is 7. The SMILES string of the molecule is Cc1cc(C)cc(N([C@H](C)C(=O)N(C)Cc2nc(-c3cccs3)no2)S(C)(=O)=O)c1. The van der Waals surface area contributed by atoms with Crippen molar-refractivity contribution in [3.8, 4) is 10.7 Å². The number of thiophene rings is 1. The second kappa shape index (κ2) is 8.57. The van der Waals surface area contributed by atoms with E-state index in [4.69, 9.17) is 4.52 Å². The summed E-state index contributed by atoms with van der Waals surface area (Å²) in [6, 6.07) is 8.28. The van der Waals surface area contributed by atoms with E-state index in [1.165, 1.54) is 16.2 Å². The van der Waals surface area contributed by atoms with Gasteiger partial charge in [-0.3, -0.25) is 9.10 Å². The number of carbonyl (C=O) groups is 1. The second-order valence-electron chi connectivity index (χ2n) is 7.26. The molecular formula is C20H24N4O4S2. The maximum atomic E-state index is 13.0. The van der Waals surface area contributed by atoms with Crippen LogP contribution in [-0.4, -0.2) is 48.7 Å². The van der Waals surface area contributed by atoms with Gasteiger partial charge >= 0.3 is 0 Å². The molecule has 3 rings (SSSR count). The van der Waals surface area contributed by atoms with E-state index in [1.807, 2.05) is 37.4 Å². The molecule has 0 radical (unpaired) electrons. The van der Waals surface area contributed by atoms with Crippen LogP contribution in [0.25, 0.3) is 10.7 Å². The molecule has 0 spiro atoms. The van der Waals surface area contributed by atoms with Gasteiger partial charge < -0.3 is 9.42 Å². The maximum Gasteiger partial charge on any atom is 0.246 e. The average Bonchev–Trinajstić information content (AvgIpc) is 3.30. The number of hydrogen-bond donors (Lipinski definition) is 0. The van der Waals surface area contributed by atoms with Crippen LogP contribution in [0.5, 0.6) is 0 Å². The summed E-state index contributed by atoms with van der Waals surface area (Å²) in [7, 11) is -2.11. The van der Waals surface area contributed by atoms with E-state index in [0.717, 1.165) is 26.6 Å². The molecule has 1 atom stereocenters. The van der Waals surface area contributed by atoms with Crippen LogP contribution in [0.1, 0.15) is 23.9 Å². The highest BCUT2D eigenvalue weighted by Gasteiger charge is 2.31. The van der Waals surface area contributed by atoms with E-state index in [0.29, 0.717) is 11.5 Å². The molecule has 1 amide bonds. The van der Waals surface area contributed by atoms with Crippen LogP contribution < -0.4 is 4.31 Å².